The number of benzene rings is 1. The summed E-state index contributed by atoms with van der Waals surface area (Å²) in [5.74, 6) is 0. The molecule has 2 bridgehead atoms. The van der Waals surface area contributed by atoms with E-state index in [0.29, 0.717) is 24.9 Å². The summed E-state index contributed by atoms with van der Waals surface area (Å²) in [6.07, 6.45) is 7.04. The van der Waals surface area contributed by atoms with E-state index in [1.807, 2.05) is 6.92 Å². The Balaban J connectivity index is 1.37. The van der Waals surface area contributed by atoms with Crippen LogP contribution in [-0.4, -0.2) is 42.0 Å². The molecule has 2 fully saturated rings. The average molecular weight is 421 g/mol. The Hall–Kier alpha value is -2.44. The standard InChI is InChI=1S/C25H32N4O2/c1-3-12-27-15-19(22-6-4-5-7-23(22)27)16-28-20-9-10-21(28)14-25(31,13-20)17-29-24(30)11-8-18(2)26-29/h4-8,11,15,20-21,31H,3,9-10,12-14,16-17H2,1-2H3. The van der Waals surface area contributed by atoms with Crippen molar-refractivity contribution in [3.05, 3.63) is 64.2 Å². The summed E-state index contributed by atoms with van der Waals surface area (Å²) in [6.45, 7) is 6.33. The van der Waals surface area contributed by atoms with Crippen LogP contribution in [0.4, 0.5) is 0 Å². The first-order valence-electron chi connectivity index (χ1n) is 11.6. The van der Waals surface area contributed by atoms with Crippen LogP contribution >= 0.6 is 0 Å². The molecule has 0 saturated carbocycles. The molecule has 2 aromatic heterocycles. The highest BCUT2D eigenvalue weighted by Gasteiger charge is 2.47. The van der Waals surface area contributed by atoms with Gasteiger partial charge in [0.15, 0.2) is 0 Å². The quantitative estimate of drug-likeness (QED) is 0.663. The Labute approximate surface area is 183 Å². The lowest BCUT2D eigenvalue weighted by Gasteiger charge is -2.43. The third-order valence-corrected chi connectivity index (χ3v) is 7.13. The maximum atomic E-state index is 12.2. The van der Waals surface area contributed by atoms with Crippen molar-refractivity contribution in [1.29, 1.82) is 0 Å². The number of para-hydroxylation sites is 1. The van der Waals surface area contributed by atoms with Crippen LogP contribution in [0.25, 0.3) is 10.9 Å². The Morgan fingerprint density at radius 3 is 2.61 bits per heavy atom. The number of nitrogens with zero attached hydrogens (tertiary/aromatic N) is 4. The molecule has 4 heterocycles. The van der Waals surface area contributed by atoms with Crippen molar-refractivity contribution in [1.82, 2.24) is 19.2 Å². The van der Waals surface area contributed by atoms with Gasteiger partial charge in [0, 0.05) is 48.3 Å². The first-order valence-corrected chi connectivity index (χ1v) is 11.6. The molecular weight excluding hydrogens is 388 g/mol. The third-order valence-electron chi connectivity index (χ3n) is 7.13. The summed E-state index contributed by atoms with van der Waals surface area (Å²) < 4.78 is 3.82. The molecule has 31 heavy (non-hydrogen) atoms. The minimum Gasteiger partial charge on any atom is -0.388 e. The van der Waals surface area contributed by atoms with Crippen molar-refractivity contribution < 1.29 is 5.11 Å². The SMILES string of the molecule is CCCn1cc(CN2C3CCC2CC(O)(Cn2nc(C)ccc2=O)C3)c2ccccc21. The second-order valence-electron chi connectivity index (χ2n) is 9.53. The van der Waals surface area contributed by atoms with E-state index in [0.717, 1.165) is 38.0 Å². The zero-order valence-corrected chi connectivity index (χ0v) is 18.5. The van der Waals surface area contributed by atoms with Crippen LogP contribution in [0.1, 0.15) is 50.3 Å². The van der Waals surface area contributed by atoms with Gasteiger partial charge in [-0.05, 0) is 56.7 Å². The normalized spacial score (nSPS) is 26.0. The van der Waals surface area contributed by atoms with Gasteiger partial charge < -0.3 is 9.67 Å². The van der Waals surface area contributed by atoms with Gasteiger partial charge in [0.25, 0.3) is 5.56 Å². The van der Waals surface area contributed by atoms with Crippen molar-refractivity contribution in [2.75, 3.05) is 0 Å². The summed E-state index contributed by atoms with van der Waals surface area (Å²) in [6, 6.07) is 12.6. The molecule has 2 aliphatic rings. The van der Waals surface area contributed by atoms with Crippen molar-refractivity contribution in [3.63, 3.8) is 0 Å². The van der Waals surface area contributed by atoms with Gasteiger partial charge in [-0.2, -0.15) is 5.10 Å². The number of aryl methyl sites for hydroxylation is 2. The highest BCUT2D eigenvalue weighted by molar-refractivity contribution is 5.84. The van der Waals surface area contributed by atoms with Crippen molar-refractivity contribution in [2.24, 2.45) is 0 Å². The number of piperidine rings is 1. The number of rotatable bonds is 6. The van der Waals surface area contributed by atoms with E-state index in [2.05, 4.69) is 52.0 Å². The molecule has 2 saturated heterocycles. The molecular formula is C25H32N4O2. The first-order chi connectivity index (χ1) is 15.0. The fourth-order valence-electron chi connectivity index (χ4n) is 5.82. The van der Waals surface area contributed by atoms with Gasteiger partial charge in [0.05, 0.1) is 17.8 Å². The minimum absolute atomic E-state index is 0.141. The Kier molecular flexibility index (Phi) is 5.22. The van der Waals surface area contributed by atoms with Gasteiger partial charge in [0.1, 0.15) is 0 Å². The van der Waals surface area contributed by atoms with E-state index in [4.69, 9.17) is 0 Å². The maximum absolute atomic E-state index is 12.2. The van der Waals surface area contributed by atoms with Crippen LogP contribution in [0.15, 0.2) is 47.4 Å². The molecule has 1 N–H and O–H groups in total. The fraction of sp³-hybridized carbons (Fsp3) is 0.520. The average Bonchev–Trinajstić information content (AvgIpc) is 3.21. The molecule has 0 spiro atoms. The molecule has 0 amide bonds. The zero-order valence-electron chi connectivity index (χ0n) is 18.5. The second kappa shape index (κ2) is 7.92. The molecule has 6 nitrogen and oxygen atoms in total. The smallest absolute Gasteiger partial charge is 0.266 e. The summed E-state index contributed by atoms with van der Waals surface area (Å²) in [7, 11) is 0. The van der Waals surface area contributed by atoms with Gasteiger partial charge in [-0.15, -0.1) is 0 Å². The monoisotopic (exact) mass is 420 g/mol. The summed E-state index contributed by atoms with van der Waals surface area (Å²) in [5.41, 5.74) is 2.47. The third kappa shape index (κ3) is 3.83. The van der Waals surface area contributed by atoms with E-state index in [1.165, 1.54) is 21.1 Å². The van der Waals surface area contributed by atoms with Crippen LogP contribution < -0.4 is 5.56 Å². The van der Waals surface area contributed by atoms with Gasteiger partial charge in [0.2, 0.25) is 0 Å². The molecule has 0 radical (unpaired) electrons. The van der Waals surface area contributed by atoms with Crippen LogP contribution in [0.2, 0.25) is 0 Å². The lowest BCUT2D eigenvalue weighted by molar-refractivity contribution is -0.0677. The van der Waals surface area contributed by atoms with Gasteiger partial charge in [-0.1, -0.05) is 25.1 Å². The van der Waals surface area contributed by atoms with E-state index in [-0.39, 0.29) is 12.1 Å². The maximum Gasteiger partial charge on any atom is 0.266 e. The molecule has 3 aromatic rings. The lowest BCUT2D eigenvalue weighted by atomic mass is 9.85. The van der Waals surface area contributed by atoms with Crippen LogP contribution in [-0.2, 0) is 19.6 Å². The number of hydrogen-bond acceptors (Lipinski definition) is 4. The minimum atomic E-state index is -0.872. The molecule has 2 unspecified atom stereocenters. The van der Waals surface area contributed by atoms with Crippen molar-refractivity contribution in [3.8, 4) is 0 Å². The predicted molar refractivity (Wildman–Crippen MR) is 122 cm³/mol. The lowest BCUT2D eigenvalue weighted by Crippen LogP contribution is -2.53. The topological polar surface area (TPSA) is 63.3 Å². The van der Waals surface area contributed by atoms with E-state index in [1.54, 1.807) is 12.1 Å². The molecule has 6 heteroatoms. The molecule has 0 aliphatic carbocycles. The molecule has 5 rings (SSSR count). The van der Waals surface area contributed by atoms with E-state index >= 15 is 0 Å². The van der Waals surface area contributed by atoms with Gasteiger partial charge in [-0.3, -0.25) is 9.69 Å². The van der Waals surface area contributed by atoms with Gasteiger partial charge >= 0.3 is 0 Å². The van der Waals surface area contributed by atoms with E-state index in [9.17, 15) is 9.90 Å². The van der Waals surface area contributed by atoms with Gasteiger partial charge in [-0.25, -0.2) is 4.68 Å². The number of aromatic nitrogens is 3. The predicted octanol–water partition coefficient (Wildman–Crippen LogP) is 3.47. The van der Waals surface area contributed by atoms with Crippen LogP contribution in [0.5, 0.6) is 0 Å². The number of aliphatic hydroxyl groups is 1. The highest BCUT2D eigenvalue weighted by atomic mass is 16.3. The summed E-state index contributed by atoms with van der Waals surface area (Å²) >= 11 is 0. The second-order valence-corrected chi connectivity index (χ2v) is 9.53. The van der Waals surface area contributed by atoms with Crippen molar-refractivity contribution in [2.45, 2.75) is 83.3 Å². The fourth-order valence-corrected chi connectivity index (χ4v) is 5.82. The van der Waals surface area contributed by atoms with Crippen LogP contribution in [0.3, 0.4) is 0 Å². The summed E-state index contributed by atoms with van der Waals surface area (Å²) in [5, 5.41) is 17.1. The largest absolute Gasteiger partial charge is 0.388 e. The Morgan fingerprint density at radius 2 is 1.87 bits per heavy atom. The molecule has 2 atom stereocenters. The number of hydrogen-bond donors (Lipinski definition) is 1. The number of fused-ring (bicyclic) bond motifs is 3. The molecule has 164 valence electrons. The molecule has 1 aromatic carbocycles. The highest BCUT2D eigenvalue weighted by Crippen LogP contribution is 2.42. The van der Waals surface area contributed by atoms with Crippen molar-refractivity contribution >= 4 is 10.9 Å². The molecule has 2 aliphatic heterocycles. The Morgan fingerprint density at radius 1 is 1.13 bits per heavy atom. The van der Waals surface area contributed by atoms with Crippen LogP contribution in [0, 0.1) is 6.92 Å². The summed E-state index contributed by atoms with van der Waals surface area (Å²) in [4.78, 5) is 14.8. The van der Waals surface area contributed by atoms with E-state index < -0.39 is 5.60 Å². The Bertz CT molecular complexity index is 1130. The zero-order chi connectivity index (χ0) is 21.6. The first kappa shape index (κ1) is 20.5.